The first-order valence-corrected chi connectivity index (χ1v) is 9.03. The Hall–Kier alpha value is -4.25. The molecule has 1 heterocycles. The maximum Gasteiger partial charge on any atom is 0.199 e. The third-order valence-corrected chi connectivity index (χ3v) is 4.51. The molecule has 0 saturated carbocycles. The van der Waals surface area contributed by atoms with Crippen LogP contribution in [0.4, 0.5) is 13.2 Å². The number of aromatic nitrogens is 2. The van der Waals surface area contributed by atoms with Crippen LogP contribution < -0.4 is 4.74 Å². The zero-order valence-corrected chi connectivity index (χ0v) is 15.8. The summed E-state index contributed by atoms with van der Waals surface area (Å²) in [4.78, 5) is 20.9. The van der Waals surface area contributed by atoms with Crippen LogP contribution in [0.15, 0.2) is 60.8 Å². The van der Waals surface area contributed by atoms with Crippen molar-refractivity contribution in [3.8, 4) is 11.8 Å². The van der Waals surface area contributed by atoms with Crippen LogP contribution in [0.25, 0.3) is 11.0 Å². The van der Waals surface area contributed by atoms with E-state index in [1.807, 2.05) is 6.07 Å². The van der Waals surface area contributed by atoms with Crippen LogP contribution in [0.1, 0.15) is 27.2 Å². The Labute approximate surface area is 174 Å². The molecule has 0 bridgehead atoms. The molecular formula is C23H12F3N3O2. The fourth-order valence-electron chi connectivity index (χ4n) is 2.97. The van der Waals surface area contributed by atoms with Gasteiger partial charge in [0.2, 0.25) is 0 Å². The molecule has 0 spiro atoms. The van der Waals surface area contributed by atoms with E-state index in [0.29, 0.717) is 17.1 Å². The standard InChI is InChI=1S/C23H12F3N3O2/c24-16-9-19(31-12-13-4-2-1-3-5-13)22(26)20(21(16)25)23(30)14-6-7-17-18(8-14)29-15(10-27)11-28-17/h1-9,11H,12H2. The molecule has 31 heavy (non-hydrogen) atoms. The van der Waals surface area contributed by atoms with E-state index in [1.165, 1.54) is 24.4 Å². The number of benzene rings is 3. The molecule has 0 fully saturated rings. The molecule has 1 aromatic heterocycles. The summed E-state index contributed by atoms with van der Waals surface area (Å²) >= 11 is 0. The Morgan fingerprint density at radius 1 is 1.00 bits per heavy atom. The number of halogens is 3. The van der Waals surface area contributed by atoms with Gasteiger partial charge in [-0.15, -0.1) is 0 Å². The fraction of sp³-hybridized carbons (Fsp3) is 0.0435. The van der Waals surface area contributed by atoms with Gasteiger partial charge in [-0.1, -0.05) is 30.3 Å². The van der Waals surface area contributed by atoms with Crippen LogP contribution in [0.3, 0.4) is 0 Å². The number of rotatable bonds is 5. The molecule has 0 unspecified atom stereocenters. The van der Waals surface area contributed by atoms with Crippen LogP contribution >= 0.6 is 0 Å². The van der Waals surface area contributed by atoms with Crippen molar-refractivity contribution in [3.63, 3.8) is 0 Å². The van der Waals surface area contributed by atoms with Gasteiger partial charge in [0.15, 0.2) is 34.7 Å². The predicted molar refractivity (Wildman–Crippen MR) is 105 cm³/mol. The van der Waals surface area contributed by atoms with Gasteiger partial charge >= 0.3 is 0 Å². The largest absolute Gasteiger partial charge is 0.486 e. The van der Waals surface area contributed by atoms with E-state index in [9.17, 15) is 18.0 Å². The Morgan fingerprint density at radius 3 is 2.52 bits per heavy atom. The molecule has 0 radical (unpaired) electrons. The first kappa shape index (κ1) is 20.0. The maximum absolute atomic E-state index is 15.0. The third kappa shape index (κ3) is 3.94. The van der Waals surface area contributed by atoms with Gasteiger partial charge in [-0.25, -0.2) is 18.2 Å². The molecule has 0 aliphatic heterocycles. The lowest BCUT2D eigenvalue weighted by Crippen LogP contribution is -2.11. The highest BCUT2D eigenvalue weighted by molar-refractivity contribution is 6.10. The number of hydrogen-bond donors (Lipinski definition) is 0. The average Bonchev–Trinajstić information content (AvgIpc) is 2.80. The molecule has 0 amide bonds. The minimum Gasteiger partial charge on any atom is -0.486 e. The number of carbonyl (C=O) groups is 1. The van der Waals surface area contributed by atoms with E-state index in [0.717, 1.165) is 0 Å². The van der Waals surface area contributed by atoms with Gasteiger partial charge in [0, 0.05) is 11.6 Å². The van der Waals surface area contributed by atoms with E-state index in [1.54, 1.807) is 30.3 Å². The van der Waals surface area contributed by atoms with E-state index >= 15 is 0 Å². The van der Waals surface area contributed by atoms with Crippen molar-refractivity contribution in [1.29, 1.82) is 5.26 Å². The van der Waals surface area contributed by atoms with Crippen LogP contribution in [0.5, 0.6) is 5.75 Å². The number of fused-ring (bicyclic) bond motifs is 1. The van der Waals surface area contributed by atoms with Crippen LogP contribution in [-0.2, 0) is 6.61 Å². The highest BCUT2D eigenvalue weighted by atomic mass is 19.2. The molecule has 4 rings (SSSR count). The van der Waals surface area contributed by atoms with Gasteiger partial charge in [0.05, 0.1) is 17.2 Å². The van der Waals surface area contributed by atoms with Crippen LogP contribution in [0.2, 0.25) is 0 Å². The molecule has 8 heteroatoms. The fourth-order valence-corrected chi connectivity index (χ4v) is 2.97. The maximum atomic E-state index is 15.0. The predicted octanol–water partition coefficient (Wildman–Crippen LogP) is 4.73. The van der Waals surface area contributed by atoms with Gasteiger partial charge in [-0.2, -0.15) is 5.26 Å². The first-order valence-electron chi connectivity index (χ1n) is 9.03. The first-order chi connectivity index (χ1) is 15.0. The topological polar surface area (TPSA) is 75.9 Å². The lowest BCUT2D eigenvalue weighted by molar-refractivity contribution is 0.102. The second-order valence-corrected chi connectivity index (χ2v) is 6.53. The second kappa shape index (κ2) is 8.24. The highest BCUT2D eigenvalue weighted by Crippen LogP contribution is 2.29. The summed E-state index contributed by atoms with van der Waals surface area (Å²) in [6.07, 6.45) is 1.26. The van der Waals surface area contributed by atoms with E-state index in [-0.39, 0.29) is 23.4 Å². The van der Waals surface area contributed by atoms with Crippen molar-refractivity contribution in [1.82, 2.24) is 9.97 Å². The molecular weight excluding hydrogens is 407 g/mol. The van der Waals surface area contributed by atoms with E-state index in [4.69, 9.17) is 10.00 Å². The van der Waals surface area contributed by atoms with Gasteiger partial charge in [-0.3, -0.25) is 9.78 Å². The van der Waals surface area contributed by atoms with Crippen molar-refractivity contribution in [3.05, 3.63) is 101 Å². The zero-order valence-electron chi connectivity index (χ0n) is 15.8. The molecule has 4 aromatic rings. The quantitative estimate of drug-likeness (QED) is 0.345. The molecule has 0 aliphatic carbocycles. The minimum atomic E-state index is -1.62. The van der Waals surface area contributed by atoms with Crippen molar-refractivity contribution in [2.45, 2.75) is 6.61 Å². The Balaban J connectivity index is 1.73. The second-order valence-electron chi connectivity index (χ2n) is 6.53. The smallest absolute Gasteiger partial charge is 0.199 e. The Morgan fingerprint density at radius 2 is 1.77 bits per heavy atom. The summed E-state index contributed by atoms with van der Waals surface area (Å²) in [5, 5.41) is 8.95. The molecule has 152 valence electrons. The third-order valence-electron chi connectivity index (χ3n) is 4.51. The van der Waals surface area contributed by atoms with Crippen molar-refractivity contribution in [2.75, 3.05) is 0 Å². The SMILES string of the molecule is N#Cc1cnc2ccc(C(=O)c3c(F)c(F)cc(OCc4ccccc4)c3F)cc2n1. The normalized spacial score (nSPS) is 10.6. The molecule has 0 atom stereocenters. The summed E-state index contributed by atoms with van der Waals surface area (Å²) < 4.78 is 48.8. The van der Waals surface area contributed by atoms with Crippen molar-refractivity contribution < 1.29 is 22.7 Å². The minimum absolute atomic E-state index is 0.0109. The molecule has 0 N–H and O–H groups in total. The number of hydrogen-bond acceptors (Lipinski definition) is 5. The molecule has 0 saturated heterocycles. The molecule has 5 nitrogen and oxygen atoms in total. The lowest BCUT2D eigenvalue weighted by Gasteiger charge is -2.12. The summed E-state index contributed by atoms with van der Waals surface area (Å²) in [6.45, 7) is -0.0983. The molecule has 0 aliphatic rings. The van der Waals surface area contributed by atoms with Crippen LogP contribution in [-0.4, -0.2) is 15.8 Å². The number of nitriles is 1. The number of carbonyl (C=O) groups excluding carboxylic acids is 1. The van der Waals surface area contributed by atoms with Gasteiger partial charge in [0.25, 0.3) is 0 Å². The summed E-state index contributed by atoms with van der Waals surface area (Å²) in [5.41, 5.74) is 0.0316. The van der Waals surface area contributed by atoms with Gasteiger partial charge in [0.1, 0.15) is 18.2 Å². The van der Waals surface area contributed by atoms with Crippen molar-refractivity contribution >= 4 is 16.8 Å². The summed E-state index contributed by atoms with van der Waals surface area (Å²) in [7, 11) is 0. The van der Waals surface area contributed by atoms with E-state index < -0.39 is 34.5 Å². The number of ether oxygens (including phenoxy) is 1. The summed E-state index contributed by atoms with van der Waals surface area (Å²) in [6, 6.07) is 15.0. The number of nitrogens with zero attached hydrogens (tertiary/aromatic N) is 3. The zero-order chi connectivity index (χ0) is 22.0. The number of ketones is 1. The Bertz CT molecular complexity index is 1350. The Kier molecular flexibility index (Phi) is 5.33. The highest BCUT2D eigenvalue weighted by Gasteiger charge is 2.26. The average molecular weight is 419 g/mol. The monoisotopic (exact) mass is 419 g/mol. The van der Waals surface area contributed by atoms with E-state index in [2.05, 4.69) is 9.97 Å². The van der Waals surface area contributed by atoms with Gasteiger partial charge < -0.3 is 4.74 Å². The van der Waals surface area contributed by atoms with Gasteiger partial charge in [-0.05, 0) is 23.8 Å². The van der Waals surface area contributed by atoms with Crippen molar-refractivity contribution in [2.24, 2.45) is 0 Å². The molecule has 3 aromatic carbocycles. The lowest BCUT2D eigenvalue weighted by atomic mass is 10.0. The van der Waals surface area contributed by atoms with Crippen LogP contribution in [0, 0.1) is 28.8 Å². The summed E-state index contributed by atoms with van der Waals surface area (Å²) in [5.74, 6) is -6.02.